The second kappa shape index (κ2) is 7.33. The Labute approximate surface area is 156 Å². The monoisotopic (exact) mass is 357 g/mol. The lowest BCUT2D eigenvalue weighted by atomic mass is 9.88. The van der Waals surface area contributed by atoms with Crippen molar-refractivity contribution in [1.29, 1.82) is 0 Å². The molecule has 134 valence electrons. The molecule has 1 heterocycles. The van der Waals surface area contributed by atoms with Crippen LogP contribution in [0.15, 0.2) is 83.7 Å². The number of aromatic amines is 2. The molecular weight excluding hydrogens is 338 g/mol. The fraction of sp³-hybridized carbons (Fsp3) is 0.0909. The van der Waals surface area contributed by atoms with Crippen molar-refractivity contribution in [3.8, 4) is 0 Å². The molecule has 0 aliphatic carbocycles. The summed E-state index contributed by atoms with van der Waals surface area (Å²) in [6.45, 7) is 0. The standard InChI is InChI=1S/C22H19N3O2/c26-21(23-17-11-12-19-20(13-17)25-22(27)24-19)14-18(15-7-3-1-4-8-15)16-9-5-2-6-10-16/h1-13,18H,14H2,(H,23,26)(H2,24,25,27). The van der Waals surface area contributed by atoms with Crippen LogP contribution < -0.4 is 11.0 Å². The van der Waals surface area contributed by atoms with Crippen molar-refractivity contribution in [3.05, 3.63) is 100 Å². The van der Waals surface area contributed by atoms with Gasteiger partial charge in [-0.2, -0.15) is 0 Å². The molecule has 1 amide bonds. The average Bonchev–Trinajstić information content (AvgIpc) is 3.07. The number of benzene rings is 3. The van der Waals surface area contributed by atoms with Crippen molar-refractivity contribution in [2.24, 2.45) is 0 Å². The number of rotatable bonds is 5. The predicted octanol–water partition coefficient (Wildman–Crippen LogP) is 4.02. The summed E-state index contributed by atoms with van der Waals surface area (Å²) in [6, 6.07) is 25.4. The molecule has 0 aliphatic rings. The van der Waals surface area contributed by atoms with Crippen molar-refractivity contribution >= 4 is 22.6 Å². The summed E-state index contributed by atoms with van der Waals surface area (Å²) in [6.07, 6.45) is 0.329. The number of H-pyrrole nitrogens is 2. The molecule has 0 atom stereocenters. The summed E-state index contributed by atoms with van der Waals surface area (Å²) >= 11 is 0. The van der Waals surface area contributed by atoms with Crippen molar-refractivity contribution in [2.75, 3.05) is 5.32 Å². The van der Waals surface area contributed by atoms with Gasteiger partial charge in [-0.05, 0) is 29.3 Å². The van der Waals surface area contributed by atoms with Crippen LogP contribution in [0.2, 0.25) is 0 Å². The highest BCUT2D eigenvalue weighted by molar-refractivity contribution is 5.93. The average molecular weight is 357 g/mol. The van der Waals surface area contributed by atoms with Crippen molar-refractivity contribution in [3.63, 3.8) is 0 Å². The van der Waals surface area contributed by atoms with Gasteiger partial charge in [0, 0.05) is 18.0 Å². The van der Waals surface area contributed by atoms with E-state index in [0.29, 0.717) is 23.1 Å². The molecule has 27 heavy (non-hydrogen) atoms. The molecule has 0 aliphatic heterocycles. The molecule has 5 heteroatoms. The van der Waals surface area contributed by atoms with Crippen LogP contribution in [0.5, 0.6) is 0 Å². The first kappa shape index (κ1) is 16.8. The number of carbonyl (C=O) groups is 1. The van der Waals surface area contributed by atoms with E-state index in [1.165, 1.54) is 0 Å². The van der Waals surface area contributed by atoms with Crippen molar-refractivity contribution in [2.45, 2.75) is 12.3 Å². The maximum atomic E-state index is 12.7. The highest BCUT2D eigenvalue weighted by Gasteiger charge is 2.18. The molecule has 0 radical (unpaired) electrons. The Hall–Kier alpha value is -3.60. The van der Waals surface area contributed by atoms with Gasteiger partial charge in [0.25, 0.3) is 0 Å². The number of nitrogens with one attached hydrogen (secondary N) is 3. The van der Waals surface area contributed by atoms with Crippen molar-refractivity contribution < 1.29 is 4.79 Å². The summed E-state index contributed by atoms with van der Waals surface area (Å²) in [4.78, 5) is 29.5. The molecule has 0 saturated carbocycles. The molecule has 1 aromatic heterocycles. The Morgan fingerprint density at radius 2 is 1.41 bits per heavy atom. The lowest BCUT2D eigenvalue weighted by Crippen LogP contribution is -2.16. The first-order chi connectivity index (χ1) is 13.2. The van der Waals surface area contributed by atoms with Crippen LogP contribution in [0.3, 0.4) is 0 Å². The van der Waals surface area contributed by atoms with Crippen LogP contribution >= 0.6 is 0 Å². The molecule has 0 spiro atoms. The van der Waals surface area contributed by atoms with Gasteiger partial charge in [0.2, 0.25) is 5.91 Å². The van der Waals surface area contributed by atoms with E-state index in [1.54, 1.807) is 18.2 Å². The SMILES string of the molecule is O=C(CC(c1ccccc1)c1ccccc1)Nc1ccc2[nH]c(=O)[nH]c2c1. The second-order valence-corrected chi connectivity index (χ2v) is 6.47. The third kappa shape index (κ3) is 3.82. The van der Waals surface area contributed by atoms with Crippen LogP contribution in [-0.2, 0) is 4.79 Å². The molecular formula is C22H19N3O2. The Morgan fingerprint density at radius 1 is 0.815 bits per heavy atom. The van der Waals surface area contributed by atoms with Gasteiger partial charge < -0.3 is 15.3 Å². The third-order valence-electron chi connectivity index (χ3n) is 4.59. The van der Waals surface area contributed by atoms with Gasteiger partial charge in [0.1, 0.15) is 0 Å². The molecule has 0 bridgehead atoms. The fourth-order valence-corrected chi connectivity index (χ4v) is 3.31. The topological polar surface area (TPSA) is 77.8 Å². The number of aromatic nitrogens is 2. The number of amides is 1. The molecule has 0 saturated heterocycles. The van der Waals surface area contributed by atoms with Crippen LogP contribution in [0.4, 0.5) is 5.69 Å². The largest absolute Gasteiger partial charge is 0.326 e. The Morgan fingerprint density at radius 3 is 2.04 bits per heavy atom. The van der Waals surface area contributed by atoms with E-state index in [0.717, 1.165) is 11.1 Å². The van der Waals surface area contributed by atoms with E-state index >= 15 is 0 Å². The highest BCUT2D eigenvalue weighted by atomic mass is 16.1. The maximum absolute atomic E-state index is 12.7. The zero-order valence-electron chi connectivity index (χ0n) is 14.6. The number of hydrogen-bond acceptors (Lipinski definition) is 2. The van der Waals surface area contributed by atoms with Crippen LogP contribution in [-0.4, -0.2) is 15.9 Å². The zero-order valence-corrected chi connectivity index (χ0v) is 14.6. The summed E-state index contributed by atoms with van der Waals surface area (Å²) < 4.78 is 0. The van der Waals surface area contributed by atoms with Crippen molar-refractivity contribution in [1.82, 2.24) is 9.97 Å². The number of fused-ring (bicyclic) bond motifs is 1. The van der Waals surface area contributed by atoms with Gasteiger partial charge in [-0.25, -0.2) is 4.79 Å². The van der Waals surface area contributed by atoms with Crippen LogP contribution in [0.25, 0.3) is 11.0 Å². The Kier molecular flexibility index (Phi) is 4.58. The van der Waals surface area contributed by atoms with Gasteiger partial charge in [-0.3, -0.25) is 4.79 Å². The molecule has 3 aromatic carbocycles. The van der Waals surface area contributed by atoms with E-state index < -0.39 is 0 Å². The molecule has 4 aromatic rings. The normalized spacial score (nSPS) is 11.0. The third-order valence-corrected chi connectivity index (χ3v) is 4.59. The number of imidazole rings is 1. The summed E-state index contributed by atoms with van der Waals surface area (Å²) in [7, 11) is 0. The molecule has 4 rings (SSSR count). The van der Waals surface area contributed by atoms with E-state index in [2.05, 4.69) is 15.3 Å². The van der Waals surface area contributed by atoms with E-state index in [4.69, 9.17) is 0 Å². The molecule has 5 nitrogen and oxygen atoms in total. The molecule has 0 unspecified atom stereocenters. The number of anilines is 1. The first-order valence-electron chi connectivity index (χ1n) is 8.81. The van der Waals surface area contributed by atoms with E-state index in [1.807, 2.05) is 60.7 Å². The van der Waals surface area contributed by atoms with Gasteiger partial charge in [0.15, 0.2) is 0 Å². The minimum atomic E-state index is -0.262. The number of carbonyl (C=O) groups excluding carboxylic acids is 1. The van der Waals surface area contributed by atoms with Gasteiger partial charge >= 0.3 is 5.69 Å². The minimum Gasteiger partial charge on any atom is -0.326 e. The van der Waals surface area contributed by atoms with E-state index in [9.17, 15) is 9.59 Å². The quantitative estimate of drug-likeness (QED) is 0.504. The summed E-state index contributed by atoms with van der Waals surface area (Å²) in [5, 5.41) is 2.94. The molecule has 3 N–H and O–H groups in total. The number of hydrogen-bond donors (Lipinski definition) is 3. The predicted molar refractivity (Wildman–Crippen MR) is 107 cm³/mol. The lowest BCUT2D eigenvalue weighted by Gasteiger charge is -2.18. The van der Waals surface area contributed by atoms with E-state index in [-0.39, 0.29) is 17.5 Å². The van der Waals surface area contributed by atoms with Gasteiger partial charge in [0.05, 0.1) is 11.0 Å². The zero-order chi connectivity index (χ0) is 18.6. The smallest absolute Gasteiger partial charge is 0.323 e. The minimum absolute atomic E-state index is 0.0248. The van der Waals surface area contributed by atoms with Gasteiger partial charge in [-0.1, -0.05) is 60.7 Å². The summed E-state index contributed by atoms with van der Waals surface area (Å²) in [5.74, 6) is -0.104. The molecule has 0 fully saturated rings. The summed E-state index contributed by atoms with van der Waals surface area (Å²) in [5.41, 5.74) is 3.97. The Bertz CT molecular complexity index is 1070. The fourth-order valence-electron chi connectivity index (χ4n) is 3.31. The highest BCUT2D eigenvalue weighted by Crippen LogP contribution is 2.28. The second-order valence-electron chi connectivity index (χ2n) is 6.47. The van der Waals surface area contributed by atoms with Crippen LogP contribution in [0, 0.1) is 0 Å². The van der Waals surface area contributed by atoms with Crippen LogP contribution in [0.1, 0.15) is 23.5 Å². The lowest BCUT2D eigenvalue weighted by molar-refractivity contribution is -0.116. The maximum Gasteiger partial charge on any atom is 0.323 e. The van der Waals surface area contributed by atoms with Gasteiger partial charge in [-0.15, -0.1) is 0 Å². The Balaban J connectivity index is 1.56. The first-order valence-corrected chi connectivity index (χ1v) is 8.81.